The van der Waals surface area contributed by atoms with E-state index >= 15 is 0 Å². The Balaban J connectivity index is 0.00000169. The Bertz CT molecular complexity index is 679. The summed E-state index contributed by atoms with van der Waals surface area (Å²) in [6.07, 6.45) is 7.39. The fourth-order valence-corrected chi connectivity index (χ4v) is 3.45. The Labute approximate surface area is 167 Å². The second-order valence-electron chi connectivity index (χ2n) is 6.71. The van der Waals surface area contributed by atoms with Crippen molar-refractivity contribution in [1.82, 2.24) is 10.3 Å². The molecule has 1 saturated carbocycles. The average molecular weight is 396 g/mol. The Hall–Kier alpha value is -1.62. The molecule has 1 amide bonds. The third-order valence-corrected chi connectivity index (χ3v) is 4.97. The second kappa shape index (κ2) is 10.5. The van der Waals surface area contributed by atoms with Crippen LogP contribution in [-0.4, -0.2) is 16.9 Å². The Kier molecular flexibility index (Phi) is 9.06. The Morgan fingerprint density at radius 1 is 1.12 bits per heavy atom. The van der Waals surface area contributed by atoms with E-state index in [0.29, 0.717) is 12.3 Å². The fraction of sp³-hybridized carbons (Fsp3) is 0.400. The molecule has 1 aliphatic carbocycles. The van der Waals surface area contributed by atoms with Crippen LogP contribution in [0, 0.1) is 5.92 Å². The van der Waals surface area contributed by atoms with Crippen LogP contribution in [0.2, 0.25) is 0 Å². The maximum Gasteiger partial charge on any atom is 0.220 e. The summed E-state index contributed by atoms with van der Waals surface area (Å²) in [5, 5.41) is 3.10. The number of amides is 1. The zero-order valence-electron chi connectivity index (χ0n) is 14.9. The van der Waals surface area contributed by atoms with Crippen molar-refractivity contribution in [2.24, 2.45) is 11.7 Å². The summed E-state index contributed by atoms with van der Waals surface area (Å²) < 4.78 is 0. The van der Waals surface area contributed by atoms with Gasteiger partial charge in [-0.2, -0.15) is 0 Å². The molecule has 3 rings (SSSR count). The lowest BCUT2D eigenvalue weighted by Crippen LogP contribution is -2.32. The summed E-state index contributed by atoms with van der Waals surface area (Å²) in [5.74, 6) is 0.439. The van der Waals surface area contributed by atoms with E-state index in [9.17, 15) is 4.79 Å². The summed E-state index contributed by atoms with van der Waals surface area (Å²) in [6.45, 7) is 2.02. The van der Waals surface area contributed by atoms with E-state index < -0.39 is 0 Å². The maximum absolute atomic E-state index is 12.2. The lowest BCUT2D eigenvalue weighted by molar-refractivity contribution is -0.122. The molecule has 1 heterocycles. The van der Waals surface area contributed by atoms with Gasteiger partial charge in [-0.25, -0.2) is 0 Å². The van der Waals surface area contributed by atoms with E-state index in [-0.39, 0.29) is 42.8 Å². The van der Waals surface area contributed by atoms with E-state index in [4.69, 9.17) is 5.73 Å². The number of hydrogen-bond acceptors (Lipinski definition) is 3. The van der Waals surface area contributed by atoms with Crippen LogP contribution in [0.15, 0.2) is 48.8 Å². The van der Waals surface area contributed by atoms with E-state index in [1.165, 1.54) is 0 Å². The summed E-state index contributed by atoms with van der Waals surface area (Å²) >= 11 is 0. The number of carbonyl (C=O) groups is 1. The van der Waals surface area contributed by atoms with Gasteiger partial charge in [0.2, 0.25) is 5.91 Å². The average Bonchev–Trinajstić information content (AvgIpc) is 3.00. The standard InChI is InChI=1S/C20H25N3O.2ClH/c1-14(23-20(24)13-18-3-2-4-19(18)21)15-5-7-16(8-6-15)17-9-11-22-12-10-17;;/h5-12,14,18-19H,2-4,13,21H2,1H3,(H,23,24);2*1H/t14?,18-,19+;;/m0../s1. The van der Waals surface area contributed by atoms with Crippen molar-refractivity contribution in [2.45, 2.75) is 44.7 Å². The lowest BCUT2D eigenvalue weighted by Gasteiger charge is -2.18. The molecule has 2 aromatic rings. The summed E-state index contributed by atoms with van der Waals surface area (Å²) in [7, 11) is 0. The first-order valence-electron chi connectivity index (χ1n) is 8.69. The molecule has 0 radical (unpaired) electrons. The van der Waals surface area contributed by atoms with Crippen molar-refractivity contribution in [2.75, 3.05) is 0 Å². The van der Waals surface area contributed by atoms with Gasteiger partial charge in [0.05, 0.1) is 6.04 Å². The third kappa shape index (κ3) is 5.70. The molecule has 0 saturated heterocycles. The molecular weight excluding hydrogens is 369 g/mol. The summed E-state index contributed by atoms with van der Waals surface area (Å²) in [5.41, 5.74) is 9.46. The van der Waals surface area contributed by atoms with Gasteiger partial charge in [-0.1, -0.05) is 30.7 Å². The quantitative estimate of drug-likeness (QED) is 0.793. The number of carbonyl (C=O) groups excluding carboxylic acids is 1. The number of aromatic nitrogens is 1. The van der Waals surface area contributed by atoms with Gasteiger partial charge in [-0.15, -0.1) is 24.8 Å². The minimum atomic E-state index is 0. The van der Waals surface area contributed by atoms with Crippen LogP contribution in [0.1, 0.15) is 44.2 Å². The van der Waals surface area contributed by atoms with Gasteiger partial charge in [0.25, 0.3) is 0 Å². The second-order valence-corrected chi connectivity index (χ2v) is 6.71. The molecule has 3 N–H and O–H groups in total. The number of halogens is 2. The van der Waals surface area contributed by atoms with Crippen molar-refractivity contribution in [3.05, 3.63) is 54.4 Å². The smallest absolute Gasteiger partial charge is 0.220 e. The van der Waals surface area contributed by atoms with Gasteiger partial charge in [0.1, 0.15) is 0 Å². The first-order valence-corrected chi connectivity index (χ1v) is 8.69. The number of nitrogens with one attached hydrogen (secondary N) is 1. The minimum absolute atomic E-state index is 0. The minimum Gasteiger partial charge on any atom is -0.350 e. The molecular formula is C20H27Cl2N3O. The number of rotatable bonds is 5. The predicted molar refractivity (Wildman–Crippen MR) is 111 cm³/mol. The van der Waals surface area contributed by atoms with Crippen LogP contribution in [0.5, 0.6) is 0 Å². The van der Waals surface area contributed by atoms with E-state index in [1.807, 2.05) is 19.1 Å². The van der Waals surface area contributed by atoms with Crippen molar-refractivity contribution in [3.63, 3.8) is 0 Å². The van der Waals surface area contributed by atoms with Gasteiger partial charge in [0, 0.05) is 24.9 Å². The molecule has 1 aromatic carbocycles. The van der Waals surface area contributed by atoms with Crippen molar-refractivity contribution >= 4 is 30.7 Å². The first kappa shape index (κ1) is 22.4. The molecule has 1 fully saturated rings. The first-order chi connectivity index (χ1) is 11.6. The third-order valence-electron chi connectivity index (χ3n) is 4.97. The molecule has 26 heavy (non-hydrogen) atoms. The zero-order valence-corrected chi connectivity index (χ0v) is 16.6. The molecule has 1 aromatic heterocycles. The van der Waals surface area contributed by atoms with Crippen LogP contribution in [0.4, 0.5) is 0 Å². The van der Waals surface area contributed by atoms with Gasteiger partial charge < -0.3 is 11.1 Å². The molecule has 142 valence electrons. The normalized spacial score (nSPS) is 19.8. The SMILES string of the molecule is CC(NC(=O)C[C@@H]1CCC[C@H]1N)c1ccc(-c2ccncc2)cc1.Cl.Cl. The Morgan fingerprint density at radius 2 is 1.73 bits per heavy atom. The van der Waals surface area contributed by atoms with E-state index in [1.54, 1.807) is 12.4 Å². The van der Waals surface area contributed by atoms with Crippen LogP contribution in [0.25, 0.3) is 11.1 Å². The van der Waals surface area contributed by atoms with E-state index in [2.05, 4.69) is 34.6 Å². The topological polar surface area (TPSA) is 68.0 Å². The largest absolute Gasteiger partial charge is 0.350 e. The van der Waals surface area contributed by atoms with Gasteiger partial charge in [0.15, 0.2) is 0 Å². The molecule has 4 nitrogen and oxygen atoms in total. The highest BCUT2D eigenvalue weighted by Crippen LogP contribution is 2.27. The number of benzene rings is 1. The highest BCUT2D eigenvalue weighted by Gasteiger charge is 2.26. The summed E-state index contributed by atoms with van der Waals surface area (Å²) in [4.78, 5) is 16.3. The van der Waals surface area contributed by atoms with E-state index in [0.717, 1.165) is 36.0 Å². The number of hydrogen-bond donors (Lipinski definition) is 2. The molecule has 0 bridgehead atoms. The summed E-state index contributed by atoms with van der Waals surface area (Å²) in [6, 6.07) is 12.5. The fourth-order valence-electron chi connectivity index (χ4n) is 3.45. The molecule has 1 aliphatic rings. The zero-order chi connectivity index (χ0) is 16.9. The van der Waals surface area contributed by atoms with Crippen molar-refractivity contribution in [1.29, 1.82) is 0 Å². The molecule has 0 aliphatic heterocycles. The van der Waals surface area contributed by atoms with Crippen molar-refractivity contribution < 1.29 is 4.79 Å². The molecule has 1 unspecified atom stereocenters. The number of nitrogens with two attached hydrogens (primary N) is 1. The molecule has 3 atom stereocenters. The van der Waals surface area contributed by atoms with Crippen LogP contribution < -0.4 is 11.1 Å². The number of nitrogens with zero attached hydrogens (tertiary/aromatic N) is 1. The van der Waals surface area contributed by atoms with Crippen molar-refractivity contribution in [3.8, 4) is 11.1 Å². The Morgan fingerprint density at radius 3 is 2.31 bits per heavy atom. The maximum atomic E-state index is 12.2. The van der Waals surface area contributed by atoms with Crippen LogP contribution in [-0.2, 0) is 4.79 Å². The molecule has 0 spiro atoms. The van der Waals surface area contributed by atoms with Gasteiger partial charge >= 0.3 is 0 Å². The van der Waals surface area contributed by atoms with Crippen LogP contribution in [0.3, 0.4) is 0 Å². The monoisotopic (exact) mass is 395 g/mol. The highest BCUT2D eigenvalue weighted by molar-refractivity contribution is 5.85. The van der Waals surface area contributed by atoms with Gasteiger partial charge in [-0.05, 0) is 54.5 Å². The van der Waals surface area contributed by atoms with Gasteiger partial charge in [-0.3, -0.25) is 9.78 Å². The van der Waals surface area contributed by atoms with Crippen LogP contribution >= 0.6 is 24.8 Å². The highest BCUT2D eigenvalue weighted by atomic mass is 35.5. The lowest BCUT2D eigenvalue weighted by atomic mass is 9.99. The number of pyridine rings is 1. The predicted octanol–water partition coefficient (Wildman–Crippen LogP) is 4.29. The molecule has 6 heteroatoms.